The highest BCUT2D eigenvalue weighted by molar-refractivity contribution is 4.80. The Kier molecular flexibility index (Phi) is 6.55. The smallest absolute Gasteiger partial charge is 0.0107 e. The average molecular weight is 295 g/mol. The molecule has 0 radical (unpaired) electrons. The summed E-state index contributed by atoms with van der Waals surface area (Å²) in [5, 5.41) is 3.81. The van der Waals surface area contributed by atoms with Gasteiger partial charge in [-0.15, -0.1) is 0 Å². The second-order valence-electron chi connectivity index (χ2n) is 8.75. The van der Waals surface area contributed by atoms with Crippen molar-refractivity contribution in [2.45, 2.75) is 78.7 Å². The summed E-state index contributed by atoms with van der Waals surface area (Å²) in [5.41, 5.74) is 0.493. The van der Waals surface area contributed by atoms with Gasteiger partial charge in [-0.25, -0.2) is 0 Å². The van der Waals surface area contributed by atoms with Gasteiger partial charge in [0, 0.05) is 19.1 Å². The molecular weight excluding hydrogens is 256 g/mol. The molecule has 0 aromatic carbocycles. The first-order chi connectivity index (χ1) is 9.95. The van der Waals surface area contributed by atoms with E-state index >= 15 is 0 Å². The van der Waals surface area contributed by atoms with E-state index in [2.05, 4.69) is 37.9 Å². The molecule has 1 saturated carbocycles. The first-order valence-electron chi connectivity index (χ1n) is 9.41. The van der Waals surface area contributed by atoms with Crippen LogP contribution in [0.5, 0.6) is 0 Å². The lowest BCUT2D eigenvalue weighted by Crippen LogP contribution is -2.39. The van der Waals surface area contributed by atoms with Crippen LogP contribution in [0.25, 0.3) is 0 Å². The fourth-order valence-electron chi connectivity index (χ4n) is 4.14. The standard InChI is InChI=1S/C19H38N2/c1-16-7-9-18(10-8-16)20-12-15-21-13-5-6-17(11-14-21)19(2,3)4/h16-18,20H,5-15H2,1-4H3. The first kappa shape index (κ1) is 17.3. The van der Waals surface area contributed by atoms with Crippen molar-refractivity contribution < 1.29 is 0 Å². The summed E-state index contributed by atoms with van der Waals surface area (Å²) in [6.45, 7) is 14.7. The summed E-state index contributed by atoms with van der Waals surface area (Å²) in [6.07, 6.45) is 9.85. The van der Waals surface area contributed by atoms with Gasteiger partial charge in [0.15, 0.2) is 0 Å². The third-order valence-corrected chi connectivity index (χ3v) is 5.92. The molecule has 2 aliphatic rings. The Morgan fingerprint density at radius 1 is 0.952 bits per heavy atom. The van der Waals surface area contributed by atoms with E-state index in [4.69, 9.17) is 0 Å². The van der Waals surface area contributed by atoms with Crippen LogP contribution in [0.1, 0.15) is 72.6 Å². The van der Waals surface area contributed by atoms with Crippen LogP contribution < -0.4 is 5.32 Å². The minimum absolute atomic E-state index is 0.493. The van der Waals surface area contributed by atoms with Crippen LogP contribution >= 0.6 is 0 Å². The molecule has 2 nitrogen and oxygen atoms in total. The van der Waals surface area contributed by atoms with Crippen molar-refractivity contribution in [3.05, 3.63) is 0 Å². The Labute approximate surface area is 133 Å². The fraction of sp³-hybridized carbons (Fsp3) is 1.00. The molecule has 1 aliphatic carbocycles. The molecule has 1 N–H and O–H groups in total. The number of hydrogen-bond donors (Lipinski definition) is 1. The SMILES string of the molecule is CC1CCC(NCCN2CCCC(C(C)(C)C)CC2)CC1. The summed E-state index contributed by atoms with van der Waals surface area (Å²) < 4.78 is 0. The normalized spacial score (nSPS) is 32.9. The van der Waals surface area contributed by atoms with Gasteiger partial charge in [0.1, 0.15) is 0 Å². The zero-order chi connectivity index (χ0) is 15.3. The van der Waals surface area contributed by atoms with Crippen LogP contribution in [0.2, 0.25) is 0 Å². The van der Waals surface area contributed by atoms with Crippen LogP contribution in [-0.2, 0) is 0 Å². The van der Waals surface area contributed by atoms with E-state index in [1.165, 1.54) is 71.1 Å². The van der Waals surface area contributed by atoms with Crippen LogP contribution in [0.4, 0.5) is 0 Å². The van der Waals surface area contributed by atoms with Crippen LogP contribution in [-0.4, -0.2) is 37.1 Å². The monoisotopic (exact) mass is 294 g/mol. The molecule has 21 heavy (non-hydrogen) atoms. The highest BCUT2D eigenvalue weighted by Crippen LogP contribution is 2.34. The van der Waals surface area contributed by atoms with Crippen LogP contribution in [0.15, 0.2) is 0 Å². The van der Waals surface area contributed by atoms with Gasteiger partial charge in [-0.1, -0.05) is 27.7 Å². The molecule has 124 valence electrons. The summed E-state index contributed by atoms with van der Waals surface area (Å²) in [7, 11) is 0. The fourth-order valence-corrected chi connectivity index (χ4v) is 4.14. The zero-order valence-electron chi connectivity index (χ0n) is 15.0. The number of likely N-dealkylation sites (tertiary alicyclic amines) is 1. The van der Waals surface area contributed by atoms with Crippen molar-refractivity contribution in [3.8, 4) is 0 Å². The number of hydrogen-bond acceptors (Lipinski definition) is 2. The largest absolute Gasteiger partial charge is 0.313 e. The van der Waals surface area contributed by atoms with E-state index in [-0.39, 0.29) is 0 Å². The lowest BCUT2D eigenvalue weighted by atomic mass is 9.77. The maximum Gasteiger partial charge on any atom is 0.0107 e. The van der Waals surface area contributed by atoms with E-state index in [9.17, 15) is 0 Å². The maximum atomic E-state index is 3.81. The van der Waals surface area contributed by atoms with Gasteiger partial charge in [0.25, 0.3) is 0 Å². The summed E-state index contributed by atoms with van der Waals surface area (Å²) in [4.78, 5) is 2.70. The van der Waals surface area contributed by atoms with Crippen molar-refractivity contribution in [2.75, 3.05) is 26.2 Å². The van der Waals surface area contributed by atoms with Crippen molar-refractivity contribution in [3.63, 3.8) is 0 Å². The molecule has 2 rings (SSSR count). The van der Waals surface area contributed by atoms with Crippen molar-refractivity contribution in [1.82, 2.24) is 10.2 Å². The third kappa shape index (κ3) is 5.90. The minimum Gasteiger partial charge on any atom is -0.313 e. The van der Waals surface area contributed by atoms with E-state index in [0.717, 1.165) is 17.9 Å². The molecule has 1 heterocycles. The first-order valence-corrected chi connectivity index (χ1v) is 9.41. The molecule has 2 heteroatoms. The van der Waals surface area contributed by atoms with E-state index in [1.54, 1.807) is 0 Å². The van der Waals surface area contributed by atoms with Gasteiger partial charge >= 0.3 is 0 Å². The van der Waals surface area contributed by atoms with Crippen LogP contribution in [0, 0.1) is 17.3 Å². The molecule has 0 amide bonds. The topological polar surface area (TPSA) is 15.3 Å². The number of nitrogens with one attached hydrogen (secondary N) is 1. The number of rotatable bonds is 4. The predicted molar refractivity (Wildman–Crippen MR) is 92.7 cm³/mol. The van der Waals surface area contributed by atoms with Crippen molar-refractivity contribution in [2.24, 2.45) is 17.3 Å². The Bertz CT molecular complexity index is 286. The van der Waals surface area contributed by atoms with Gasteiger partial charge < -0.3 is 10.2 Å². The summed E-state index contributed by atoms with van der Waals surface area (Å²) in [6, 6.07) is 0.801. The van der Waals surface area contributed by atoms with Gasteiger partial charge in [0.2, 0.25) is 0 Å². The Morgan fingerprint density at radius 2 is 1.67 bits per heavy atom. The number of nitrogens with zero attached hydrogens (tertiary/aromatic N) is 1. The highest BCUT2D eigenvalue weighted by Gasteiger charge is 2.27. The van der Waals surface area contributed by atoms with Crippen molar-refractivity contribution >= 4 is 0 Å². The minimum atomic E-state index is 0.493. The second-order valence-corrected chi connectivity index (χ2v) is 8.75. The molecule has 1 atom stereocenters. The summed E-state index contributed by atoms with van der Waals surface area (Å²) in [5.74, 6) is 1.87. The van der Waals surface area contributed by atoms with Gasteiger partial charge in [-0.05, 0) is 75.3 Å². The molecule has 0 aromatic rings. The van der Waals surface area contributed by atoms with Gasteiger partial charge in [-0.3, -0.25) is 0 Å². The second kappa shape index (κ2) is 7.97. The quantitative estimate of drug-likeness (QED) is 0.831. The molecule has 0 aromatic heterocycles. The maximum absolute atomic E-state index is 3.81. The lowest BCUT2D eigenvalue weighted by molar-refractivity contribution is 0.206. The molecule has 0 spiro atoms. The lowest BCUT2D eigenvalue weighted by Gasteiger charge is -2.30. The average Bonchev–Trinajstić information content (AvgIpc) is 2.66. The Morgan fingerprint density at radius 3 is 2.33 bits per heavy atom. The Hall–Kier alpha value is -0.0800. The third-order valence-electron chi connectivity index (χ3n) is 5.92. The van der Waals surface area contributed by atoms with E-state index in [0.29, 0.717) is 5.41 Å². The van der Waals surface area contributed by atoms with Gasteiger partial charge in [0.05, 0.1) is 0 Å². The molecule has 0 bridgehead atoms. The van der Waals surface area contributed by atoms with E-state index < -0.39 is 0 Å². The predicted octanol–water partition coefficient (Wildman–Crippen LogP) is 4.30. The zero-order valence-corrected chi connectivity index (χ0v) is 15.0. The molecule has 1 unspecified atom stereocenters. The Balaban J connectivity index is 1.63. The van der Waals surface area contributed by atoms with Crippen LogP contribution in [0.3, 0.4) is 0 Å². The molecule has 1 saturated heterocycles. The molecule has 1 aliphatic heterocycles. The van der Waals surface area contributed by atoms with E-state index in [1.807, 2.05) is 0 Å². The van der Waals surface area contributed by atoms with Gasteiger partial charge in [-0.2, -0.15) is 0 Å². The molecule has 2 fully saturated rings. The van der Waals surface area contributed by atoms with Crippen molar-refractivity contribution in [1.29, 1.82) is 0 Å². The summed E-state index contributed by atoms with van der Waals surface area (Å²) >= 11 is 0. The highest BCUT2D eigenvalue weighted by atomic mass is 15.1. The molecular formula is C19H38N2.